The van der Waals surface area contributed by atoms with Crippen molar-refractivity contribution in [2.45, 2.75) is 30.7 Å². The smallest absolute Gasteiger partial charge is 0.237 e. The van der Waals surface area contributed by atoms with Crippen molar-refractivity contribution >= 4 is 0 Å². The molecule has 0 saturated carbocycles. The second-order valence-electron chi connectivity index (χ2n) is 2.97. The van der Waals surface area contributed by atoms with Crippen LogP contribution in [0.5, 0.6) is 0 Å². The minimum atomic E-state index is -1.56. The molecule has 1 aliphatic heterocycles. The zero-order valence-electron chi connectivity index (χ0n) is 7.54. The first kappa shape index (κ1) is 12.0. The fourth-order valence-electron chi connectivity index (χ4n) is 1.22. The Balaban J connectivity index is 2.69. The van der Waals surface area contributed by atoms with E-state index in [1.54, 1.807) is 0 Å². The molecule has 0 aliphatic carbocycles. The van der Waals surface area contributed by atoms with Crippen molar-refractivity contribution in [1.29, 1.82) is 0 Å². The summed E-state index contributed by atoms with van der Waals surface area (Å²) in [6.07, 6.45) is -7.07. The molecule has 1 fully saturated rings. The zero-order valence-corrected chi connectivity index (χ0v) is 7.54. The van der Waals surface area contributed by atoms with Gasteiger partial charge in [0.1, 0.15) is 29.7 Å². The van der Waals surface area contributed by atoms with Crippen LogP contribution in [0.2, 0.25) is 0 Å². The van der Waals surface area contributed by atoms with Gasteiger partial charge in [-0.3, -0.25) is 0 Å². The van der Waals surface area contributed by atoms with Crippen LogP contribution in [0.25, 0.3) is 10.4 Å². The van der Waals surface area contributed by atoms with E-state index < -0.39 is 37.3 Å². The summed E-state index contributed by atoms with van der Waals surface area (Å²) in [6.45, 7) is -0.568. The normalized spacial score (nSPS) is 40.7. The van der Waals surface area contributed by atoms with Crippen LogP contribution < -0.4 is 0 Å². The van der Waals surface area contributed by atoms with Gasteiger partial charge < -0.3 is 30.0 Å². The lowest BCUT2D eigenvalue weighted by molar-refractivity contribution is -0.302. The van der Waals surface area contributed by atoms with E-state index in [0.717, 1.165) is 0 Å². The molecule has 0 aromatic rings. The van der Waals surface area contributed by atoms with Crippen LogP contribution in [0.1, 0.15) is 0 Å². The van der Waals surface area contributed by atoms with E-state index in [0.29, 0.717) is 0 Å². The van der Waals surface area contributed by atoms with Crippen molar-refractivity contribution in [3.63, 3.8) is 0 Å². The van der Waals surface area contributed by atoms with E-state index in [-0.39, 0.29) is 0 Å². The summed E-state index contributed by atoms with van der Waals surface area (Å²) in [5, 5.41) is 39.4. The van der Waals surface area contributed by atoms with Gasteiger partial charge in [0, 0.05) is 4.91 Å². The van der Waals surface area contributed by atoms with Gasteiger partial charge in [-0.1, -0.05) is 0 Å². The predicted octanol–water partition coefficient (Wildman–Crippen LogP) is -1.97. The second-order valence-corrected chi connectivity index (χ2v) is 2.97. The summed E-state index contributed by atoms with van der Waals surface area (Å²) in [4.78, 5) is 6.61. The van der Waals surface area contributed by atoms with Crippen LogP contribution in [0.15, 0.2) is 5.28 Å². The summed E-state index contributed by atoms with van der Waals surface area (Å²) in [6, 6.07) is 0. The number of azide groups is 1. The number of nitrogens with zero attached hydrogens (tertiary/aromatic N) is 3. The zero-order chi connectivity index (χ0) is 11.4. The van der Waals surface area contributed by atoms with Crippen molar-refractivity contribution in [3.05, 3.63) is 10.4 Å². The van der Waals surface area contributed by atoms with Crippen molar-refractivity contribution in [1.82, 2.24) is 0 Å². The van der Waals surface area contributed by atoms with Crippen LogP contribution in [0, 0.1) is 0 Å². The number of hydrogen-bond donors (Lipinski definition) is 4. The molecule has 4 N–H and O–H groups in total. The number of aliphatic hydroxyl groups is 4. The van der Waals surface area contributed by atoms with Gasteiger partial charge >= 0.3 is 0 Å². The Morgan fingerprint density at radius 3 is 2.47 bits per heavy atom. The molecule has 1 rings (SSSR count). The average Bonchev–Trinajstić information content (AvgIpc) is 2.25. The van der Waals surface area contributed by atoms with Gasteiger partial charge in [0.25, 0.3) is 0 Å². The maximum atomic E-state index is 9.32. The third-order valence-electron chi connectivity index (χ3n) is 2.04. The minimum Gasteiger partial charge on any atom is -0.400 e. The molecule has 5 unspecified atom stereocenters. The molecular formula is C6H11N3O6. The number of ether oxygens (including phenoxy) is 1. The van der Waals surface area contributed by atoms with Gasteiger partial charge in [0.15, 0.2) is 0 Å². The Kier molecular flexibility index (Phi) is 4.09. The van der Waals surface area contributed by atoms with Crippen LogP contribution >= 0.6 is 0 Å². The first-order chi connectivity index (χ1) is 7.11. The molecule has 0 amide bonds. The van der Waals surface area contributed by atoms with Crippen molar-refractivity contribution in [2.24, 2.45) is 5.28 Å². The lowest BCUT2D eigenvalue weighted by Gasteiger charge is -2.38. The highest BCUT2D eigenvalue weighted by molar-refractivity contribution is 4.88. The monoisotopic (exact) mass is 221 g/mol. The quantitative estimate of drug-likeness (QED) is 0.188. The molecule has 0 bridgehead atoms. The molecule has 5 atom stereocenters. The van der Waals surface area contributed by atoms with E-state index >= 15 is 0 Å². The molecule has 0 aromatic carbocycles. The maximum absolute atomic E-state index is 9.32. The summed E-state index contributed by atoms with van der Waals surface area (Å²) in [5.41, 5.74) is 7.96. The predicted molar refractivity (Wildman–Crippen MR) is 44.0 cm³/mol. The number of aliphatic hydroxyl groups excluding tert-OH is 4. The van der Waals surface area contributed by atoms with Gasteiger partial charge in [-0.2, -0.15) is 0 Å². The fourth-order valence-corrected chi connectivity index (χ4v) is 1.22. The Labute approximate surface area is 84.0 Å². The van der Waals surface area contributed by atoms with E-state index in [1.165, 1.54) is 0 Å². The standard InChI is InChI=1S/C6H11N3O6/c7-8-9-15-6-5(13)4(12)3(11)2(1-10)14-6/h2-6,10-13H,1H2. The minimum absolute atomic E-state index is 0.568. The molecule has 0 radical (unpaired) electrons. The summed E-state index contributed by atoms with van der Waals surface area (Å²) in [5.74, 6) is 0. The lowest BCUT2D eigenvalue weighted by Crippen LogP contribution is -2.58. The van der Waals surface area contributed by atoms with Gasteiger partial charge in [0.2, 0.25) is 6.29 Å². The van der Waals surface area contributed by atoms with Crippen LogP contribution in [-0.4, -0.2) is 57.7 Å². The fraction of sp³-hybridized carbons (Fsp3) is 1.00. The Bertz CT molecular complexity index is 255. The number of rotatable bonds is 3. The van der Waals surface area contributed by atoms with Crippen LogP contribution in [0.4, 0.5) is 0 Å². The third-order valence-corrected chi connectivity index (χ3v) is 2.04. The van der Waals surface area contributed by atoms with Gasteiger partial charge in [0.05, 0.1) is 6.61 Å². The molecule has 1 saturated heterocycles. The van der Waals surface area contributed by atoms with E-state index in [1.807, 2.05) is 0 Å². The highest BCUT2D eigenvalue weighted by atomic mass is 16.8. The second kappa shape index (κ2) is 5.12. The maximum Gasteiger partial charge on any atom is 0.237 e. The highest BCUT2D eigenvalue weighted by Gasteiger charge is 2.44. The molecule has 9 nitrogen and oxygen atoms in total. The van der Waals surface area contributed by atoms with Gasteiger partial charge in [-0.05, 0) is 5.53 Å². The number of hydrogen-bond acceptors (Lipinski definition) is 7. The lowest BCUT2D eigenvalue weighted by atomic mass is 9.99. The van der Waals surface area contributed by atoms with Crippen molar-refractivity contribution in [2.75, 3.05) is 6.61 Å². The first-order valence-electron chi connectivity index (χ1n) is 4.12. The molecule has 15 heavy (non-hydrogen) atoms. The van der Waals surface area contributed by atoms with Crippen LogP contribution in [0.3, 0.4) is 0 Å². The third kappa shape index (κ3) is 2.48. The molecule has 1 aliphatic rings. The molecule has 0 aromatic heterocycles. The Morgan fingerprint density at radius 1 is 1.27 bits per heavy atom. The molecule has 9 heteroatoms. The molecular weight excluding hydrogens is 210 g/mol. The summed E-state index contributed by atoms with van der Waals surface area (Å²) < 4.78 is 4.84. The Morgan fingerprint density at radius 2 is 1.93 bits per heavy atom. The molecule has 86 valence electrons. The molecule has 1 heterocycles. The topological polar surface area (TPSA) is 148 Å². The molecule has 0 spiro atoms. The van der Waals surface area contributed by atoms with Crippen LogP contribution in [-0.2, 0) is 9.57 Å². The highest BCUT2D eigenvalue weighted by Crippen LogP contribution is 2.21. The van der Waals surface area contributed by atoms with E-state index in [9.17, 15) is 15.3 Å². The SMILES string of the molecule is [N-]=[N+]=NOC1OC(CO)C(O)C(O)C1O. The first-order valence-corrected chi connectivity index (χ1v) is 4.12. The van der Waals surface area contributed by atoms with E-state index in [4.69, 9.17) is 15.4 Å². The summed E-state index contributed by atoms with van der Waals surface area (Å²) in [7, 11) is 0. The largest absolute Gasteiger partial charge is 0.400 e. The van der Waals surface area contributed by atoms with Gasteiger partial charge in [-0.25, -0.2) is 0 Å². The van der Waals surface area contributed by atoms with E-state index in [2.05, 4.69) is 15.0 Å². The average molecular weight is 221 g/mol. The Hall–Kier alpha value is -1.09. The van der Waals surface area contributed by atoms with Crippen molar-refractivity contribution in [3.8, 4) is 0 Å². The summed E-state index contributed by atoms with van der Waals surface area (Å²) >= 11 is 0. The van der Waals surface area contributed by atoms with Crippen molar-refractivity contribution < 1.29 is 30.0 Å². The van der Waals surface area contributed by atoms with Gasteiger partial charge in [-0.15, -0.1) is 0 Å².